The number of nitriles is 1. The number of ether oxygens (including phenoxy) is 1. The molecule has 1 unspecified atom stereocenters. The van der Waals surface area contributed by atoms with Gasteiger partial charge in [0.1, 0.15) is 17.9 Å². The van der Waals surface area contributed by atoms with Crippen LogP contribution in [0.1, 0.15) is 44.2 Å². The van der Waals surface area contributed by atoms with Crippen LogP contribution in [0.15, 0.2) is 42.5 Å². The molecule has 30 heavy (non-hydrogen) atoms. The van der Waals surface area contributed by atoms with Crippen molar-refractivity contribution in [3.63, 3.8) is 0 Å². The lowest BCUT2D eigenvalue weighted by Gasteiger charge is -2.14. The van der Waals surface area contributed by atoms with Crippen molar-refractivity contribution in [2.75, 3.05) is 5.32 Å². The van der Waals surface area contributed by atoms with E-state index in [1.165, 1.54) is 0 Å². The van der Waals surface area contributed by atoms with Gasteiger partial charge >= 0.3 is 6.09 Å². The Hall–Kier alpha value is -3.46. The zero-order valence-corrected chi connectivity index (χ0v) is 16.8. The van der Waals surface area contributed by atoms with Crippen molar-refractivity contribution in [3.8, 4) is 23.1 Å². The third-order valence-corrected chi connectivity index (χ3v) is 6.00. The minimum absolute atomic E-state index is 0.0619. The van der Waals surface area contributed by atoms with Gasteiger partial charge in [-0.25, -0.2) is 4.79 Å². The smallest absolute Gasteiger partial charge is 0.411 e. The number of rotatable bonds is 5. The van der Waals surface area contributed by atoms with E-state index in [0.29, 0.717) is 23.2 Å². The summed E-state index contributed by atoms with van der Waals surface area (Å²) in [6.45, 7) is 1.93. The summed E-state index contributed by atoms with van der Waals surface area (Å²) in [5.74, 6) is 0.683. The minimum Gasteiger partial charge on any atom is -0.508 e. The first-order chi connectivity index (χ1) is 14.5. The van der Waals surface area contributed by atoms with Gasteiger partial charge in [-0.1, -0.05) is 12.1 Å². The lowest BCUT2D eigenvalue weighted by molar-refractivity contribution is 0.108. The van der Waals surface area contributed by atoms with Gasteiger partial charge in [-0.2, -0.15) is 5.26 Å². The van der Waals surface area contributed by atoms with E-state index >= 15 is 0 Å². The molecule has 5 rings (SSSR count). The molecular weight excluding hydrogens is 378 g/mol. The topological polar surface area (TPSA) is 87.3 Å². The summed E-state index contributed by atoms with van der Waals surface area (Å²) in [5.41, 5.74) is 3.90. The van der Waals surface area contributed by atoms with E-state index < -0.39 is 6.09 Å². The van der Waals surface area contributed by atoms with Crippen LogP contribution < -0.4 is 5.32 Å². The molecular formula is C24H23N3O3. The number of phenols is 1. The highest BCUT2D eigenvalue weighted by molar-refractivity contribution is 5.96. The van der Waals surface area contributed by atoms with E-state index in [1.54, 1.807) is 18.2 Å². The fraction of sp³-hybridized carbons (Fsp3) is 0.333. The zero-order valence-electron chi connectivity index (χ0n) is 16.8. The monoisotopic (exact) mass is 401 g/mol. The van der Waals surface area contributed by atoms with Crippen molar-refractivity contribution in [2.45, 2.75) is 44.8 Å². The molecule has 1 aromatic heterocycles. The Balaban J connectivity index is 1.46. The largest absolute Gasteiger partial charge is 0.508 e. The summed E-state index contributed by atoms with van der Waals surface area (Å²) in [7, 11) is 0. The molecule has 0 saturated heterocycles. The van der Waals surface area contributed by atoms with E-state index in [4.69, 9.17) is 4.74 Å². The normalized spacial score (nSPS) is 16.8. The summed E-state index contributed by atoms with van der Waals surface area (Å²) < 4.78 is 7.59. The second-order valence-corrected chi connectivity index (χ2v) is 8.29. The Morgan fingerprint density at radius 1 is 1.20 bits per heavy atom. The maximum absolute atomic E-state index is 12.1. The van der Waals surface area contributed by atoms with Crippen molar-refractivity contribution >= 4 is 22.7 Å². The van der Waals surface area contributed by atoms with Crippen LogP contribution in [0.25, 0.3) is 22.2 Å². The number of hydrogen-bond acceptors (Lipinski definition) is 4. The van der Waals surface area contributed by atoms with Gasteiger partial charge in [-0.3, -0.25) is 5.32 Å². The molecule has 2 aliphatic carbocycles. The SMILES string of the molecule is CC(OC(=O)Nc1ccc(-c2c(C#N)c3ccc(O)cc3n2C2CC2)cc1)C1CC1. The van der Waals surface area contributed by atoms with Crippen molar-refractivity contribution in [3.05, 3.63) is 48.0 Å². The number of nitrogens with zero attached hydrogens (tertiary/aromatic N) is 2. The van der Waals surface area contributed by atoms with Crippen LogP contribution in [0.5, 0.6) is 5.75 Å². The first kappa shape index (κ1) is 18.6. The molecule has 1 amide bonds. The number of hydrogen-bond donors (Lipinski definition) is 2. The van der Waals surface area contributed by atoms with Gasteiger partial charge in [0.05, 0.1) is 16.8 Å². The molecule has 1 heterocycles. The summed E-state index contributed by atoms with van der Waals surface area (Å²) in [6.07, 6.45) is 3.86. The summed E-state index contributed by atoms with van der Waals surface area (Å²) in [4.78, 5) is 12.1. The number of phenolic OH excluding ortho intramolecular Hbond substituents is 1. The van der Waals surface area contributed by atoms with E-state index in [2.05, 4.69) is 16.0 Å². The number of benzene rings is 2. The molecule has 6 nitrogen and oxygen atoms in total. The first-order valence-electron chi connectivity index (χ1n) is 10.4. The maximum atomic E-state index is 12.1. The number of fused-ring (bicyclic) bond motifs is 1. The molecule has 0 aliphatic heterocycles. The Kier molecular flexibility index (Phi) is 4.39. The highest BCUT2D eigenvalue weighted by Crippen LogP contribution is 2.45. The highest BCUT2D eigenvalue weighted by Gasteiger charge is 2.31. The molecule has 2 aromatic carbocycles. The Morgan fingerprint density at radius 3 is 2.57 bits per heavy atom. The Labute approximate surface area is 174 Å². The van der Waals surface area contributed by atoms with Crippen LogP contribution in [-0.4, -0.2) is 21.9 Å². The zero-order chi connectivity index (χ0) is 20.8. The van der Waals surface area contributed by atoms with Gasteiger partial charge in [-0.15, -0.1) is 0 Å². The molecule has 0 radical (unpaired) electrons. The van der Waals surface area contributed by atoms with Crippen LogP contribution in [-0.2, 0) is 4.74 Å². The van der Waals surface area contributed by atoms with Crippen LogP contribution >= 0.6 is 0 Å². The predicted molar refractivity (Wildman–Crippen MR) is 114 cm³/mol. The minimum atomic E-state index is -0.442. The molecule has 2 N–H and O–H groups in total. The third kappa shape index (κ3) is 3.37. The fourth-order valence-corrected chi connectivity index (χ4v) is 4.10. The number of aromatic nitrogens is 1. The molecule has 2 fully saturated rings. The molecule has 0 spiro atoms. The van der Waals surface area contributed by atoms with Crippen molar-refractivity contribution in [2.24, 2.45) is 5.92 Å². The average molecular weight is 401 g/mol. The van der Waals surface area contributed by atoms with Gasteiger partial charge in [0.2, 0.25) is 0 Å². The first-order valence-corrected chi connectivity index (χ1v) is 10.4. The number of aromatic hydroxyl groups is 1. The predicted octanol–water partition coefficient (Wildman–Crippen LogP) is 5.57. The summed E-state index contributed by atoms with van der Waals surface area (Å²) in [6, 6.07) is 15.3. The third-order valence-electron chi connectivity index (χ3n) is 6.00. The van der Waals surface area contributed by atoms with Gasteiger partial charge in [0.25, 0.3) is 0 Å². The van der Waals surface area contributed by atoms with E-state index in [-0.39, 0.29) is 11.9 Å². The van der Waals surface area contributed by atoms with Gasteiger partial charge in [0.15, 0.2) is 0 Å². The standard InChI is InChI=1S/C24H23N3O3/c1-14(15-2-3-15)30-24(29)26-17-6-4-16(5-7-17)23-21(13-25)20-11-10-19(28)12-22(20)27(23)18-8-9-18/h4-7,10-12,14-15,18,28H,2-3,8-9H2,1H3,(H,26,29). The Morgan fingerprint density at radius 2 is 1.93 bits per heavy atom. The van der Waals surface area contributed by atoms with Gasteiger partial charge in [-0.05, 0) is 68.4 Å². The lowest BCUT2D eigenvalue weighted by Crippen LogP contribution is -2.21. The molecule has 3 aromatic rings. The van der Waals surface area contributed by atoms with Crippen LogP contribution in [0.4, 0.5) is 10.5 Å². The highest BCUT2D eigenvalue weighted by atomic mass is 16.6. The second-order valence-electron chi connectivity index (χ2n) is 8.29. The average Bonchev–Trinajstić information content (AvgIpc) is 3.64. The number of anilines is 1. The molecule has 2 saturated carbocycles. The van der Waals surface area contributed by atoms with Crippen LogP contribution in [0, 0.1) is 17.2 Å². The van der Waals surface area contributed by atoms with Gasteiger partial charge in [0, 0.05) is 23.2 Å². The second kappa shape index (κ2) is 7.10. The lowest BCUT2D eigenvalue weighted by atomic mass is 10.1. The molecule has 0 bridgehead atoms. The number of amides is 1. The van der Waals surface area contributed by atoms with E-state index in [9.17, 15) is 15.2 Å². The maximum Gasteiger partial charge on any atom is 0.411 e. The fourth-order valence-electron chi connectivity index (χ4n) is 4.10. The number of carbonyl (C=O) groups excluding carboxylic acids is 1. The van der Waals surface area contributed by atoms with Crippen LogP contribution in [0.3, 0.4) is 0 Å². The van der Waals surface area contributed by atoms with Crippen molar-refractivity contribution in [1.82, 2.24) is 4.57 Å². The molecule has 6 heteroatoms. The summed E-state index contributed by atoms with van der Waals surface area (Å²) in [5, 5.41) is 23.5. The molecule has 1 atom stereocenters. The van der Waals surface area contributed by atoms with Crippen molar-refractivity contribution in [1.29, 1.82) is 5.26 Å². The van der Waals surface area contributed by atoms with E-state index in [0.717, 1.165) is 47.8 Å². The number of carbonyl (C=O) groups is 1. The summed E-state index contributed by atoms with van der Waals surface area (Å²) >= 11 is 0. The number of nitrogens with one attached hydrogen (secondary N) is 1. The molecule has 2 aliphatic rings. The van der Waals surface area contributed by atoms with Crippen molar-refractivity contribution < 1.29 is 14.6 Å². The van der Waals surface area contributed by atoms with Gasteiger partial charge < -0.3 is 14.4 Å². The molecule has 152 valence electrons. The Bertz CT molecular complexity index is 1170. The van der Waals surface area contributed by atoms with E-state index in [1.807, 2.05) is 31.2 Å². The van der Waals surface area contributed by atoms with Crippen LogP contribution in [0.2, 0.25) is 0 Å². The quantitative estimate of drug-likeness (QED) is 0.585.